The van der Waals surface area contributed by atoms with Crippen LogP contribution in [-0.2, 0) is 19.1 Å². The van der Waals surface area contributed by atoms with Crippen molar-refractivity contribution in [2.45, 2.75) is 58.2 Å². The van der Waals surface area contributed by atoms with Crippen LogP contribution in [0.1, 0.15) is 46.0 Å². The lowest BCUT2D eigenvalue weighted by Crippen LogP contribution is -2.34. The van der Waals surface area contributed by atoms with Gasteiger partial charge in [0.15, 0.2) is 0 Å². The quantitative estimate of drug-likeness (QED) is 0.708. The fourth-order valence-corrected chi connectivity index (χ4v) is 2.55. The molecule has 0 radical (unpaired) electrons. The van der Waals surface area contributed by atoms with E-state index in [1.165, 1.54) is 0 Å². The summed E-state index contributed by atoms with van der Waals surface area (Å²) in [4.78, 5) is 23.4. The molecule has 4 unspecified atom stereocenters. The summed E-state index contributed by atoms with van der Waals surface area (Å²) in [6.45, 7) is 3.75. The molecule has 0 aromatic carbocycles. The molecular weight excluding hydrogens is 220 g/mol. The minimum absolute atomic E-state index is 0.0222. The Kier molecular flexibility index (Phi) is 3.69. The topological polar surface area (TPSA) is 52.6 Å². The highest BCUT2D eigenvalue weighted by molar-refractivity contribution is 5.82. The van der Waals surface area contributed by atoms with Crippen LogP contribution in [0, 0.1) is 11.8 Å². The number of hydrogen-bond acceptors (Lipinski definition) is 4. The first kappa shape index (κ1) is 12.4. The Morgan fingerprint density at radius 1 is 1.47 bits per heavy atom. The summed E-state index contributed by atoms with van der Waals surface area (Å²) in [5.41, 5.74) is 0. The van der Waals surface area contributed by atoms with E-state index in [0.717, 1.165) is 32.1 Å². The summed E-state index contributed by atoms with van der Waals surface area (Å²) >= 11 is 0. The molecule has 2 fully saturated rings. The zero-order valence-electron chi connectivity index (χ0n) is 10.5. The van der Waals surface area contributed by atoms with Gasteiger partial charge in [0, 0.05) is 5.92 Å². The second-order valence-corrected chi connectivity index (χ2v) is 5.09. The minimum atomic E-state index is -0.651. The largest absolute Gasteiger partial charge is 0.459 e. The fourth-order valence-electron chi connectivity index (χ4n) is 2.55. The summed E-state index contributed by atoms with van der Waals surface area (Å²) in [6.07, 6.45) is 4.08. The van der Waals surface area contributed by atoms with Gasteiger partial charge in [0.1, 0.15) is 6.10 Å². The molecule has 4 atom stereocenters. The van der Waals surface area contributed by atoms with Crippen LogP contribution < -0.4 is 0 Å². The third-order valence-corrected chi connectivity index (χ3v) is 3.90. The van der Waals surface area contributed by atoms with Gasteiger partial charge < -0.3 is 9.47 Å². The molecule has 0 aromatic rings. The molecule has 0 bridgehead atoms. The zero-order valence-corrected chi connectivity index (χ0v) is 10.5. The van der Waals surface area contributed by atoms with E-state index in [1.54, 1.807) is 0 Å². The van der Waals surface area contributed by atoms with Gasteiger partial charge in [-0.2, -0.15) is 0 Å². The molecule has 2 rings (SSSR count). The number of carbonyl (C=O) groups excluding carboxylic acids is 2. The van der Waals surface area contributed by atoms with Crippen LogP contribution in [0.2, 0.25) is 0 Å². The molecule has 1 heterocycles. The van der Waals surface area contributed by atoms with E-state index in [1.807, 2.05) is 13.8 Å². The van der Waals surface area contributed by atoms with Gasteiger partial charge in [-0.15, -0.1) is 0 Å². The van der Waals surface area contributed by atoms with E-state index in [4.69, 9.17) is 9.47 Å². The number of fused-ring (bicyclic) bond motifs is 1. The predicted molar refractivity (Wildman–Crippen MR) is 61.2 cm³/mol. The standard InChI is InChI=1S/C13H20O4/c1-3-8(2)12(14)17-11-9-6-4-5-7-10(9)16-13(11)15/h8-11H,3-7H2,1-2H3. The molecule has 1 aliphatic heterocycles. The van der Waals surface area contributed by atoms with Crippen LogP contribution >= 0.6 is 0 Å². The van der Waals surface area contributed by atoms with E-state index in [2.05, 4.69) is 0 Å². The lowest BCUT2D eigenvalue weighted by atomic mass is 9.84. The van der Waals surface area contributed by atoms with Crippen LogP contribution in [0.5, 0.6) is 0 Å². The minimum Gasteiger partial charge on any atom is -0.459 e. The smallest absolute Gasteiger partial charge is 0.348 e. The number of ether oxygens (including phenoxy) is 2. The van der Waals surface area contributed by atoms with Crippen LogP contribution in [0.25, 0.3) is 0 Å². The van der Waals surface area contributed by atoms with Gasteiger partial charge in [0.2, 0.25) is 6.10 Å². The predicted octanol–water partition coefficient (Wildman–Crippen LogP) is 2.06. The van der Waals surface area contributed by atoms with Gasteiger partial charge >= 0.3 is 11.9 Å². The number of hydrogen-bond donors (Lipinski definition) is 0. The van der Waals surface area contributed by atoms with Crippen molar-refractivity contribution in [3.63, 3.8) is 0 Å². The average Bonchev–Trinajstić information content (AvgIpc) is 2.65. The highest BCUT2D eigenvalue weighted by Crippen LogP contribution is 2.36. The molecule has 0 spiro atoms. The Morgan fingerprint density at radius 3 is 2.88 bits per heavy atom. The van der Waals surface area contributed by atoms with Crippen molar-refractivity contribution in [3.05, 3.63) is 0 Å². The number of esters is 2. The summed E-state index contributed by atoms with van der Waals surface area (Å²) in [7, 11) is 0. The highest BCUT2D eigenvalue weighted by atomic mass is 16.6. The summed E-state index contributed by atoms with van der Waals surface area (Å²) < 4.78 is 10.6. The van der Waals surface area contributed by atoms with E-state index in [0.29, 0.717) is 0 Å². The maximum atomic E-state index is 11.7. The molecule has 17 heavy (non-hydrogen) atoms. The van der Waals surface area contributed by atoms with Crippen molar-refractivity contribution < 1.29 is 19.1 Å². The molecule has 2 aliphatic rings. The van der Waals surface area contributed by atoms with E-state index in [-0.39, 0.29) is 29.9 Å². The van der Waals surface area contributed by atoms with Crippen molar-refractivity contribution in [1.29, 1.82) is 0 Å². The van der Waals surface area contributed by atoms with Gasteiger partial charge in [-0.05, 0) is 25.7 Å². The second kappa shape index (κ2) is 5.07. The Labute approximate surface area is 102 Å². The normalized spacial score (nSPS) is 33.8. The lowest BCUT2D eigenvalue weighted by molar-refractivity contribution is -0.164. The summed E-state index contributed by atoms with van der Waals surface area (Å²) in [5.74, 6) is -0.686. The van der Waals surface area contributed by atoms with E-state index >= 15 is 0 Å². The molecule has 1 aliphatic carbocycles. The van der Waals surface area contributed by atoms with Crippen molar-refractivity contribution >= 4 is 11.9 Å². The summed E-state index contributed by atoms with van der Waals surface area (Å²) in [6, 6.07) is 0. The van der Waals surface area contributed by atoms with Gasteiger partial charge in [0.25, 0.3) is 0 Å². The third kappa shape index (κ3) is 2.45. The Balaban J connectivity index is 1.99. The van der Waals surface area contributed by atoms with Gasteiger partial charge in [-0.1, -0.05) is 20.3 Å². The first-order chi connectivity index (χ1) is 8.13. The maximum absolute atomic E-state index is 11.7. The van der Waals surface area contributed by atoms with Crippen LogP contribution in [0.15, 0.2) is 0 Å². The Bertz CT molecular complexity index is 311. The maximum Gasteiger partial charge on any atom is 0.348 e. The van der Waals surface area contributed by atoms with Gasteiger partial charge in [-0.3, -0.25) is 4.79 Å². The monoisotopic (exact) mass is 240 g/mol. The third-order valence-electron chi connectivity index (χ3n) is 3.90. The van der Waals surface area contributed by atoms with Gasteiger partial charge in [0.05, 0.1) is 5.92 Å². The van der Waals surface area contributed by atoms with Crippen molar-refractivity contribution in [2.24, 2.45) is 11.8 Å². The molecule has 0 N–H and O–H groups in total. The lowest BCUT2D eigenvalue weighted by Gasteiger charge is -2.25. The fraction of sp³-hybridized carbons (Fsp3) is 0.846. The van der Waals surface area contributed by atoms with Crippen molar-refractivity contribution in [1.82, 2.24) is 0 Å². The molecule has 0 amide bonds. The molecule has 4 nitrogen and oxygen atoms in total. The number of carbonyl (C=O) groups is 2. The van der Waals surface area contributed by atoms with E-state index in [9.17, 15) is 9.59 Å². The Morgan fingerprint density at radius 2 is 2.18 bits per heavy atom. The van der Waals surface area contributed by atoms with Crippen LogP contribution in [0.3, 0.4) is 0 Å². The van der Waals surface area contributed by atoms with Crippen molar-refractivity contribution in [2.75, 3.05) is 0 Å². The SMILES string of the molecule is CCC(C)C(=O)OC1C(=O)OC2CCCCC21. The molecule has 96 valence electrons. The second-order valence-electron chi connectivity index (χ2n) is 5.09. The average molecular weight is 240 g/mol. The van der Waals surface area contributed by atoms with Crippen LogP contribution in [0.4, 0.5) is 0 Å². The molecule has 1 saturated heterocycles. The zero-order chi connectivity index (χ0) is 12.4. The van der Waals surface area contributed by atoms with Crippen LogP contribution in [-0.4, -0.2) is 24.1 Å². The summed E-state index contributed by atoms with van der Waals surface area (Å²) in [5, 5.41) is 0. The molecule has 1 saturated carbocycles. The molecule has 0 aromatic heterocycles. The van der Waals surface area contributed by atoms with Gasteiger partial charge in [-0.25, -0.2) is 4.79 Å². The molecular formula is C13H20O4. The molecule has 4 heteroatoms. The first-order valence-electron chi connectivity index (χ1n) is 6.54. The van der Waals surface area contributed by atoms with Crippen molar-refractivity contribution in [3.8, 4) is 0 Å². The highest BCUT2D eigenvalue weighted by Gasteiger charge is 2.48. The number of rotatable bonds is 3. The van der Waals surface area contributed by atoms with E-state index < -0.39 is 6.10 Å². The first-order valence-corrected chi connectivity index (χ1v) is 6.54. The Hall–Kier alpha value is -1.06.